The average Bonchev–Trinajstić information content (AvgIpc) is 3.15. The first-order valence-electron chi connectivity index (χ1n) is 6.60. The molecule has 4 heteroatoms. The van der Waals surface area contributed by atoms with Crippen molar-refractivity contribution in [2.75, 3.05) is 6.61 Å². The van der Waals surface area contributed by atoms with E-state index in [1.807, 2.05) is 30.3 Å². The molecule has 0 aliphatic heterocycles. The molecular weight excluding hydrogens is 320 g/mol. The second kappa shape index (κ2) is 5.09. The molecule has 1 aliphatic rings. The fourth-order valence-corrected chi connectivity index (χ4v) is 2.77. The molecule has 20 heavy (non-hydrogen) atoms. The smallest absolute Gasteiger partial charge is 0.304 e. The third kappa shape index (κ3) is 2.96. The number of carboxylic acids is 1. The zero-order valence-corrected chi connectivity index (χ0v) is 12.5. The van der Waals surface area contributed by atoms with Crippen LogP contribution in [-0.4, -0.2) is 17.7 Å². The molecule has 1 N–H and O–H groups in total. The second-order valence-electron chi connectivity index (χ2n) is 5.51. The number of fused-ring (bicyclic) bond motifs is 1. The van der Waals surface area contributed by atoms with E-state index < -0.39 is 5.97 Å². The number of aliphatic carboxylic acids is 1. The first-order valence-corrected chi connectivity index (χ1v) is 7.40. The number of hydrogen-bond donors (Lipinski definition) is 1. The monoisotopic (exact) mass is 334 g/mol. The third-order valence-electron chi connectivity index (χ3n) is 3.80. The molecule has 1 saturated carbocycles. The summed E-state index contributed by atoms with van der Waals surface area (Å²) in [5.41, 5.74) is -0.138. The van der Waals surface area contributed by atoms with Crippen LogP contribution < -0.4 is 4.74 Å². The van der Waals surface area contributed by atoms with E-state index in [1.165, 1.54) is 0 Å². The van der Waals surface area contributed by atoms with Crippen molar-refractivity contribution in [1.82, 2.24) is 0 Å². The Hall–Kier alpha value is -1.55. The number of carboxylic acid groups (broad SMARTS) is 1. The van der Waals surface area contributed by atoms with Crippen LogP contribution in [0.25, 0.3) is 10.8 Å². The summed E-state index contributed by atoms with van der Waals surface area (Å²) in [5, 5.41) is 11.2. The molecule has 3 nitrogen and oxygen atoms in total. The lowest BCUT2D eigenvalue weighted by Crippen LogP contribution is -2.17. The molecule has 0 amide bonds. The van der Waals surface area contributed by atoms with Crippen LogP contribution in [0, 0.1) is 5.41 Å². The largest absolute Gasteiger partial charge is 0.493 e. The van der Waals surface area contributed by atoms with Gasteiger partial charge in [0, 0.05) is 9.89 Å². The fourth-order valence-electron chi connectivity index (χ4n) is 2.39. The van der Waals surface area contributed by atoms with E-state index in [-0.39, 0.29) is 11.8 Å². The molecule has 0 unspecified atom stereocenters. The molecule has 2 aromatic carbocycles. The van der Waals surface area contributed by atoms with Gasteiger partial charge in [-0.3, -0.25) is 4.79 Å². The molecule has 3 rings (SSSR count). The summed E-state index contributed by atoms with van der Waals surface area (Å²) < 4.78 is 6.85. The van der Waals surface area contributed by atoms with Gasteiger partial charge >= 0.3 is 5.97 Å². The van der Waals surface area contributed by atoms with Gasteiger partial charge in [-0.05, 0) is 47.9 Å². The SMILES string of the molecule is O=C(O)CC1(COc2ccc3cc(Br)ccc3c2)CC1. The summed E-state index contributed by atoms with van der Waals surface area (Å²) in [6, 6.07) is 12.1. The van der Waals surface area contributed by atoms with Crippen molar-refractivity contribution in [3.8, 4) is 5.75 Å². The number of halogens is 1. The minimum Gasteiger partial charge on any atom is -0.493 e. The predicted octanol–water partition coefficient (Wildman–Crippen LogP) is 4.24. The summed E-state index contributed by atoms with van der Waals surface area (Å²) in [6.07, 6.45) is 2.09. The van der Waals surface area contributed by atoms with Gasteiger partial charge in [0.25, 0.3) is 0 Å². The van der Waals surface area contributed by atoms with Crippen LogP contribution in [0.4, 0.5) is 0 Å². The summed E-state index contributed by atoms with van der Waals surface area (Å²) in [6.45, 7) is 0.487. The molecule has 0 radical (unpaired) electrons. The van der Waals surface area contributed by atoms with Gasteiger partial charge in [0.15, 0.2) is 0 Å². The molecule has 2 aromatic rings. The van der Waals surface area contributed by atoms with Crippen molar-refractivity contribution >= 4 is 32.7 Å². The maximum atomic E-state index is 10.8. The Morgan fingerprint density at radius 2 is 1.90 bits per heavy atom. The van der Waals surface area contributed by atoms with Crippen molar-refractivity contribution in [2.24, 2.45) is 5.41 Å². The maximum Gasteiger partial charge on any atom is 0.304 e. The van der Waals surface area contributed by atoms with Gasteiger partial charge in [-0.15, -0.1) is 0 Å². The molecule has 0 spiro atoms. The fraction of sp³-hybridized carbons (Fsp3) is 0.312. The Balaban J connectivity index is 1.72. The van der Waals surface area contributed by atoms with E-state index in [1.54, 1.807) is 0 Å². The normalized spacial score (nSPS) is 16.1. The van der Waals surface area contributed by atoms with E-state index in [9.17, 15) is 4.79 Å². The number of carbonyl (C=O) groups is 1. The topological polar surface area (TPSA) is 46.5 Å². The van der Waals surface area contributed by atoms with Crippen LogP contribution in [0.2, 0.25) is 0 Å². The lowest BCUT2D eigenvalue weighted by molar-refractivity contribution is -0.138. The van der Waals surface area contributed by atoms with E-state index in [4.69, 9.17) is 9.84 Å². The van der Waals surface area contributed by atoms with Crippen LogP contribution in [0.3, 0.4) is 0 Å². The average molecular weight is 335 g/mol. The minimum atomic E-state index is -0.741. The lowest BCUT2D eigenvalue weighted by Gasteiger charge is -2.14. The summed E-state index contributed by atoms with van der Waals surface area (Å²) in [4.78, 5) is 10.8. The zero-order valence-electron chi connectivity index (χ0n) is 10.9. The van der Waals surface area contributed by atoms with Gasteiger partial charge in [0.2, 0.25) is 0 Å². The highest BCUT2D eigenvalue weighted by atomic mass is 79.9. The molecule has 0 aromatic heterocycles. The highest BCUT2D eigenvalue weighted by Gasteiger charge is 2.45. The van der Waals surface area contributed by atoms with Crippen molar-refractivity contribution in [1.29, 1.82) is 0 Å². The van der Waals surface area contributed by atoms with Crippen LogP contribution in [0.5, 0.6) is 5.75 Å². The maximum absolute atomic E-state index is 10.8. The van der Waals surface area contributed by atoms with Gasteiger partial charge in [-0.1, -0.05) is 28.1 Å². The molecule has 1 aliphatic carbocycles. The number of rotatable bonds is 5. The van der Waals surface area contributed by atoms with Crippen LogP contribution in [0.15, 0.2) is 40.9 Å². The zero-order chi connectivity index (χ0) is 14.2. The van der Waals surface area contributed by atoms with Crippen LogP contribution in [0.1, 0.15) is 19.3 Å². The van der Waals surface area contributed by atoms with Gasteiger partial charge in [-0.25, -0.2) is 0 Å². The van der Waals surface area contributed by atoms with E-state index in [0.29, 0.717) is 6.61 Å². The lowest BCUT2D eigenvalue weighted by atomic mass is 10.0. The van der Waals surface area contributed by atoms with Crippen LogP contribution in [-0.2, 0) is 4.79 Å². The molecule has 1 fully saturated rings. The van der Waals surface area contributed by atoms with Crippen molar-refractivity contribution < 1.29 is 14.6 Å². The Morgan fingerprint density at radius 3 is 2.60 bits per heavy atom. The Morgan fingerprint density at radius 1 is 1.20 bits per heavy atom. The van der Waals surface area contributed by atoms with Gasteiger partial charge < -0.3 is 9.84 Å². The molecule has 104 valence electrons. The standard InChI is InChI=1S/C16H15BrO3/c17-13-3-1-12-8-14(4-2-11(12)7-13)20-10-16(5-6-16)9-15(18)19/h1-4,7-8H,5-6,9-10H2,(H,18,19). The van der Waals surface area contributed by atoms with E-state index in [2.05, 4.69) is 22.0 Å². The van der Waals surface area contributed by atoms with Crippen molar-refractivity contribution in [3.05, 3.63) is 40.9 Å². The van der Waals surface area contributed by atoms with Crippen molar-refractivity contribution in [3.63, 3.8) is 0 Å². The van der Waals surface area contributed by atoms with Gasteiger partial charge in [0.1, 0.15) is 5.75 Å². The summed E-state index contributed by atoms with van der Waals surface area (Å²) in [7, 11) is 0. The molecular formula is C16H15BrO3. The van der Waals surface area contributed by atoms with Gasteiger partial charge in [0.05, 0.1) is 13.0 Å². The van der Waals surface area contributed by atoms with E-state index in [0.717, 1.165) is 33.8 Å². The first-order chi connectivity index (χ1) is 9.56. The predicted molar refractivity (Wildman–Crippen MR) is 81.1 cm³/mol. The molecule has 0 saturated heterocycles. The van der Waals surface area contributed by atoms with E-state index >= 15 is 0 Å². The number of hydrogen-bond acceptors (Lipinski definition) is 2. The number of benzene rings is 2. The second-order valence-corrected chi connectivity index (χ2v) is 6.43. The summed E-state index contributed by atoms with van der Waals surface area (Å²) in [5.74, 6) is 0.0611. The first kappa shape index (κ1) is 13.4. The summed E-state index contributed by atoms with van der Waals surface area (Å²) >= 11 is 3.45. The molecule has 0 heterocycles. The Kier molecular flexibility index (Phi) is 3.42. The molecule has 0 bridgehead atoms. The highest BCUT2D eigenvalue weighted by Crippen LogP contribution is 2.49. The third-order valence-corrected chi connectivity index (χ3v) is 4.30. The van der Waals surface area contributed by atoms with Gasteiger partial charge in [-0.2, -0.15) is 0 Å². The quantitative estimate of drug-likeness (QED) is 0.889. The number of ether oxygens (including phenoxy) is 1. The molecule has 0 atom stereocenters. The Labute approximate surface area is 125 Å². The van der Waals surface area contributed by atoms with Crippen molar-refractivity contribution in [2.45, 2.75) is 19.3 Å². The minimum absolute atomic E-state index is 0.138. The Bertz CT molecular complexity index is 662. The highest BCUT2D eigenvalue weighted by molar-refractivity contribution is 9.10. The van der Waals surface area contributed by atoms with Crippen LogP contribution >= 0.6 is 15.9 Å².